The normalized spacial score (nSPS) is 10.2. The number of aryl methyl sites for hydroxylation is 1. The summed E-state index contributed by atoms with van der Waals surface area (Å²) in [5, 5.41) is 5.41. The minimum absolute atomic E-state index is 0.169. The van der Waals surface area contributed by atoms with E-state index in [0.29, 0.717) is 30.1 Å². The smallest absolute Gasteiger partial charge is 0.254 e. The van der Waals surface area contributed by atoms with Crippen molar-refractivity contribution in [3.8, 4) is 5.75 Å². The lowest BCUT2D eigenvalue weighted by molar-refractivity contribution is -0.114. The highest BCUT2D eigenvalue weighted by Gasteiger charge is 2.07. The van der Waals surface area contributed by atoms with Crippen molar-refractivity contribution in [3.63, 3.8) is 0 Å². The Labute approximate surface area is 145 Å². The zero-order chi connectivity index (χ0) is 18.4. The first-order chi connectivity index (χ1) is 11.9. The summed E-state index contributed by atoms with van der Waals surface area (Å²) < 4.78 is 6.63. The van der Waals surface area contributed by atoms with E-state index >= 15 is 0 Å². The summed E-state index contributed by atoms with van der Waals surface area (Å²) in [7, 11) is 1.51. The second kappa shape index (κ2) is 8.14. The Kier molecular flexibility index (Phi) is 5.94. The van der Waals surface area contributed by atoms with E-state index in [0.717, 1.165) is 5.69 Å². The van der Waals surface area contributed by atoms with Crippen LogP contribution in [-0.4, -0.2) is 30.0 Å². The van der Waals surface area contributed by atoms with Crippen molar-refractivity contribution < 1.29 is 14.3 Å². The maximum absolute atomic E-state index is 12.1. The van der Waals surface area contributed by atoms with E-state index in [1.807, 2.05) is 6.92 Å². The Morgan fingerprint density at radius 3 is 2.40 bits per heavy atom. The van der Waals surface area contributed by atoms with Crippen LogP contribution in [0.2, 0.25) is 0 Å². The number of aromatic nitrogens is 1. The Morgan fingerprint density at radius 1 is 1.16 bits per heavy atom. The highest BCUT2D eigenvalue weighted by Crippen LogP contribution is 2.10. The number of nitrogens with one attached hydrogen (secondary N) is 2. The monoisotopic (exact) mass is 343 g/mol. The predicted octanol–water partition coefficient (Wildman–Crippen LogP) is 1.55. The van der Waals surface area contributed by atoms with Gasteiger partial charge in [0, 0.05) is 43.0 Å². The van der Waals surface area contributed by atoms with Crippen molar-refractivity contribution in [2.45, 2.75) is 20.4 Å². The Hall–Kier alpha value is -3.09. The number of hydrogen-bond acceptors (Lipinski definition) is 4. The molecule has 0 radical (unpaired) electrons. The third kappa shape index (κ3) is 4.94. The average Bonchev–Trinajstić information content (AvgIpc) is 2.57. The Bertz CT molecular complexity index is 825. The van der Waals surface area contributed by atoms with Crippen molar-refractivity contribution in [2.24, 2.45) is 0 Å². The van der Waals surface area contributed by atoms with Crippen LogP contribution in [-0.2, 0) is 11.3 Å². The van der Waals surface area contributed by atoms with Crippen molar-refractivity contribution >= 4 is 17.5 Å². The van der Waals surface area contributed by atoms with Gasteiger partial charge in [0.05, 0.1) is 7.11 Å². The Morgan fingerprint density at radius 2 is 1.84 bits per heavy atom. The molecule has 2 amide bonds. The first kappa shape index (κ1) is 18.3. The van der Waals surface area contributed by atoms with E-state index in [-0.39, 0.29) is 17.4 Å². The summed E-state index contributed by atoms with van der Waals surface area (Å²) >= 11 is 0. The maximum Gasteiger partial charge on any atom is 0.254 e. The molecule has 0 bridgehead atoms. The quantitative estimate of drug-likeness (QED) is 0.833. The van der Waals surface area contributed by atoms with E-state index in [4.69, 9.17) is 4.74 Å². The highest BCUT2D eigenvalue weighted by molar-refractivity contribution is 5.95. The van der Waals surface area contributed by atoms with E-state index in [1.165, 1.54) is 20.1 Å². The molecular formula is C18H21N3O4. The zero-order valence-electron chi connectivity index (χ0n) is 14.5. The fourth-order valence-electron chi connectivity index (χ4n) is 2.39. The highest BCUT2D eigenvalue weighted by atomic mass is 16.5. The molecule has 0 aliphatic rings. The third-order valence-corrected chi connectivity index (χ3v) is 3.63. The number of carbonyl (C=O) groups is 2. The lowest BCUT2D eigenvalue weighted by Crippen LogP contribution is -2.31. The molecule has 2 aromatic rings. The van der Waals surface area contributed by atoms with Gasteiger partial charge in [0.25, 0.3) is 11.5 Å². The first-order valence-electron chi connectivity index (χ1n) is 7.82. The first-order valence-corrected chi connectivity index (χ1v) is 7.82. The molecule has 1 aromatic heterocycles. The molecule has 1 heterocycles. The van der Waals surface area contributed by atoms with Crippen LogP contribution in [0, 0.1) is 6.92 Å². The van der Waals surface area contributed by atoms with Gasteiger partial charge in [-0.15, -0.1) is 0 Å². The number of hydrogen-bond donors (Lipinski definition) is 2. The molecule has 0 atom stereocenters. The van der Waals surface area contributed by atoms with Gasteiger partial charge < -0.3 is 19.9 Å². The molecule has 0 saturated heterocycles. The molecule has 0 aliphatic heterocycles. The molecular weight excluding hydrogens is 322 g/mol. The summed E-state index contributed by atoms with van der Waals surface area (Å²) in [6.45, 7) is 3.92. The summed E-state index contributed by atoms with van der Waals surface area (Å²) in [5.74, 6) is 0.105. The van der Waals surface area contributed by atoms with Crippen LogP contribution in [0.15, 0.2) is 41.2 Å². The van der Waals surface area contributed by atoms with Crippen LogP contribution in [0.1, 0.15) is 23.0 Å². The molecule has 7 heteroatoms. The topological polar surface area (TPSA) is 89.4 Å². The van der Waals surface area contributed by atoms with Gasteiger partial charge in [0.2, 0.25) is 5.91 Å². The number of pyridine rings is 1. The predicted molar refractivity (Wildman–Crippen MR) is 95.1 cm³/mol. The van der Waals surface area contributed by atoms with Crippen molar-refractivity contribution in [3.05, 3.63) is 58.0 Å². The average molecular weight is 343 g/mol. The second-order valence-corrected chi connectivity index (χ2v) is 5.54. The van der Waals surface area contributed by atoms with Crippen molar-refractivity contribution in [1.29, 1.82) is 0 Å². The number of methoxy groups -OCH3 is 1. The van der Waals surface area contributed by atoms with Crippen LogP contribution >= 0.6 is 0 Å². The minimum atomic E-state index is -0.242. The number of benzene rings is 1. The second-order valence-electron chi connectivity index (χ2n) is 5.54. The van der Waals surface area contributed by atoms with Crippen molar-refractivity contribution in [2.75, 3.05) is 19.0 Å². The molecule has 132 valence electrons. The van der Waals surface area contributed by atoms with Gasteiger partial charge in [-0.25, -0.2) is 0 Å². The van der Waals surface area contributed by atoms with Gasteiger partial charge in [-0.05, 0) is 37.3 Å². The van der Waals surface area contributed by atoms with Gasteiger partial charge in [-0.2, -0.15) is 0 Å². The lowest BCUT2D eigenvalue weighted by atomic mass is 10.2. The molecule has 0 fully saturated rings. The van der Waals surface area contributed by atoms with E-state index in [1.54, 1.807) is 34.9 Å². The van der Waals surface area contributed by atoms with Crippen molar-refractivity contribution in [1.82, 2.24) is 9.88 Å². The number of rotatable bonds is 6. The molecule has 0 aliphatic carbocycles. The van der Waals surface area contributed by atoms with Crippen LogP contribution in [0.5, 0.6) is 5.75 Å². The SMILES string of the molecule is COc1cc(C)n(CCNC(=O)c2ccc(NC(C)=O)cc2)c(=O)c1. The van der Waals surface area contributed by atoms with Gasteiger partial charge in [-0.1, -0.05) is 0 Å². The van der Waals surface area contributed by atoms with E-state index in [9.17, 15) is 14.4 Å². The number of anilines is 1. The van der Waals surface area contributed by atoms with Gasteiger partial charge in [0.1, 0.15) is 5.75 Å². The third-order valence-electron chi connectivity index (χ3n) is 3.63. The van der Waals surface area contributed by atoms with E-state index in [2.05, 4.69) is 10.6 Å². The molecule has 25 heavy (non-hydrogen) atoms. The fourth-order valence-corrected chi connectivity index (χ4v) is 2.39. The lowest BCUT2D eigenvalue weighted by Gasteiger charge is -2.12. The standard InChI is InChI=1S/C18H21N3O4/c1-12-10-16(25-3)11-17(23)21(12)9-8-19-18(24)14-4-6-15(7-5-14)20-13(2)22/h4-7,10-11H,8-9H2,1-3H3,(H,19,24)(H,20,22). The molecule has 1 aromatic carbocycles. The minimum Gasteiger partial charge on any atom is -0.496 e. The maximum atomic E-state index is 12.1. The van der Waals surface area contributed by atoms with Crippen LogP contribution < -0.4 is 20.9 Å². The van der Waals surface area contributed by atoms with Gasteiger partial charge in [0.15, 0.2) is 0 Å². The number of nitrogens with zero attached hydrogens (tertiary/aromatic N) is 1. The Balaban J connectivity index is 1.94. The zero-order valence-corrected chi connectivity index (χ0v) is 14.5. The summed E-state index contributed by atoms with van der Waals surface area (Å²) in [6.07, 6.45) is 0. The van der Waals surface area contributed by atoms with Crippen LogP contribution in [0.25, 0.3) is 0 Å². The number of carbonyl (C=O) groups excluding carboxylic acids is 2. The van der Waals surface area contributed by atoms with E-state index < -0.39 is 0 Å². The molecule has 2 rings (SSSR count). The summed E-state index contributed by atoms with van der Waals surface area (Å²) in [5.41, 5.74) is 1.70. The fraction of sp³-hybridized carbons (Fsp3) is 0.278. The summed E-state index contributed by atoms with van der Waals surface area (Å²) in [4.78, 5) is 35.1. The molecule has 2 N–H and O–H groups in total. The molecule has 7 nitrogen and oxygen atoms in total. The molecule has 0 unspecified atom stereocenters. The number of amides is 2. The molecule has 0 saturated carbocycles. The van der Waals surface area contributed by atoms with Crippen LogP contribution in [0.4, 0.5) is 5.69 Å². The summed E-state index contributed by atoms with van der Waals surface area (Å²) in [6, 6.07) is 9.76. The van der Waals surface area contributed by atoms with Gasteiger partial charge in [-0.3, -0.25) is 14.4 Å². The number of ether oxygens (including phenoxy) is 1. The largest absolute Gasteiger partial charge is 0.496 e. The van der Waals surface area contributed by atoms with Crippen LogP contribution in [0.3, 0.4) is 0 Å². The van der Waals surface area contributed by atoms with Gasteiger partial charge >= 0.3 is 0 Å². The molecule has 0 spiro atoms.